The Hall–Kier alpha value is -2.42. The van der Waals surface area contributed by atoms with E-state index in [-0.39, 0.29) is 17.0 Å². The summed E-state index contributed by atoms with van der Waals surface area (Å²) < 4.78 is 5.19. The summed E-state index contributed by atoms with van der Waals surface area (Å²) in [5.74, 6) is -0.387. The number of nitro benzene ring substituents is 1. The zero-order valence-electron chi connectivity index (χ0n) is 13.3. The van der Waals surface area contributed by atoms with Gasteiger partial charge in [-0.05, 0) is 44.1 Å². The first-order valence-corrected chi connectivity index (χ1v) is 8.20. The van der Waals surface area contributed by atoms with Gasteiger partial charge in [-0.25, -0.2) is 0 Å². The van der Waals surface area contributed by atoms with Gasteiger partial charge in [0, 0.05) is 17.7 Å². The number of thiocarbonyl (C=S) groups is 1. The van der Waals surface area contributed by atoms with Gasteiger partial charge in [-0.3, -0.25) is 25.8 Å². The summed E-state index contributed by atoms with van der Waals surface area (Å²) in [7, 11) is 0. The molecule has 1 fully saturated rings. The number of ether oxygens (including phenoxy) is 1. The Morgan fingerprint density at radius 1 is 1.38 bits per heavy atom. The van der Waals surface area contributed by atoms with Crippen LogP contribution >= 0.6 is 12.2 Å². The second kappa shape index (κ2) is 8.44. The molecule has 3 N–H and O–H groups in total. The summed E-state index contributed by atoms with van der Waals surface area (Å²) in [6.07, 6.45) is 4.45. The molecule has 1 aromatic carbocycles. The zero-order valence-corrected chi connectivity index (χ0v) is 14.1. The molecule has 24 heavy (non-hydrogen) atoms. The van der Waals surface area contributed by atoms with E-state index < -0.39 is 10.8 Å². The van der Waals surface area contributed by atoms with Gasteiger partial charge in [0.25, 0.3) is 5.91 Å². The topological polar surface area (TPSA) is 106 Å². The number of nitrogens with zero attached hydrogens (tertiary/aromatic N) is 1. The third-order valence-electron chi connectivity index (χ3n) is 3.70. The van der Waals surface area contributed by atoms with Crippen molar-refractivity contribution >= 4 is 28.9 Å². The Balaban J connectivity index is 1.95. The normalized spacial score (nSPS) is 14.0. The van der Waals surface area contributed by atoms with Crippen LogP contribution in [0.5, 0.6) is 5.75 Å². The molecule has 0 spiro atoms. The van der Waals surface area contributed by atoms with Crippen LogP contribution in [0.25, 0.3) is 0 Å². The molecule has 0 aromatic heterocycles. The summed E-state index contributed by atoms with van der Waals surface area (Å²) >= 11 is 5.12. The standard InChI is InChI=1S/C15H20N4O4S/c1-2-23-13-8-7-10(9-12(13)19(21)22)14(20)17-18-15(24)16-11-5-3-4-6-11/h7-9,11H,2-6H2,1H3,(H,17,20)(H2,16,18,24). The summed E-state index contributed by atoms with van der Waals surface area (Å²) in [6, 6.07) is 4.37. The molecule has 0 radical (unpaired) electrons. The van der Waals surface area contributed by atoms with E-state index in [1.54, 1.807) is 6.92 Å². The summed E-state index contributed by atoms with van der Waals surface area (Å²) in [5, 5.41) is 14.5. The lowest BCUT2D eigenvalue weighted by atomic mass is 10.2. The number of benzene rings is 1. The fourth-order valence-electron chi connectivity index (χ4n) is 2.56. The molecule has 0 bridgehead atoms. The second-order valence-corrected chi connectivity index (χ2v) is 5.81. The smallest absolute Gasteiger partial charge is 0.311 e. The average molecular weight is 352 g/mol. The van der Waals surface area contributed by atoms with Gasteiger partial charge in [0.2, 0.25) is 0 Å². The number of hydrogen-bond donors (Lipinski definition) is 3. The Labute approximate surface area is 145 Å². The van der Waals surface area contributed by atoms with E-state index in [4.69, 9.17) is 17.0 Å². The Morgan fingerprint density at radius 2 is 2.08 bits per heavy atom. The predicted octanol–water partition coefficient (Wildman–Crippen LogP) is 2.04. The molecule has 0 heterocycles. The van der Waals surface area contributed by atoms with Gasteiger partial charge >= 0.3 is 5.69 Å². The van der Waals surface area contributed by atoms with Crippen LogP contribution in [0.4, 0.5) is 5.69 Å². The molecule has 2 rings (SSSR count). The Bertz CT molecular complexity index is 632. The van der Waals surface area contributed by atoms with Crippen molar-refractivity contribution < 1.29 is 14.5 Å². The van der Waals surface area contributed by atoms with Crippen molar-refractivity contribution in [2.45, 2.75) is 38.6 Å². The SMILES string of the molecule is CCOc1ccc(C(=O)NNC(=S)NC2CCCC2)cc1[N+](=O)[O-]. The number of rotatable bonds is 5. The van der Waals surface area contributed by atoms with Gasteiger partial charge in [0.1, 0.15) is 0 Å². The van der Waals surface area contributed by atoms with Gasteiger partial charge in [-0.1, -0.05) is 12.8 Å². The van der Waals surface area contributed by atoms with E-state index >= 15 is 0 Å². The molecule has 0 saturated heterocycles. The van der Waals surface area contributed by atoms with Crippen LogP contribution < -0.4 is 20.9 Å². The molecule has 0 aliphatic heterocycles. The van der Waals surface area contributed by atoms with Crippen molar-refractivity contribution in [3.05, 3.63) is 33.9 Å². The highest BCUT2D eigenvalue weighted by Gasteiger charge is 2.19. The summed E-state index contributed by atoms with van der Waals surface area (Å²) in [6.45, 7) is 2.03. The lowest BCUT2D eigenvalue weighted by Crippen LogP contribution is -2.49. The fraction of sp³-hybridized carbons (Fsp3) is 0.467. The third kappa shape index (κ3) is 4.79. The third-order valence-corrected chi connectivity index (χ3v) is 3.92. The number of nitrogens with one attached hydrogen (secondary N) is 3. The van der Waals surface area contributed by atoms with E-state index in [9.17, 15) is 14.9 Å². The molecule has 0 atom stereocenters. The second-order valence-electron chi connectivity index (χ2n) is 5.41. The predicted molar refractivity (Wildman–Crippen MR) is 92.9 cm³/mol. The van der Waals surface area contributed by atoms with Gasteiger partial charge in [-0.15, -0.1) is 0 Å². The van der Waals surface area contributed by atoms with Crippen molar-refractivity contribution in [3.8, 4) is 5.75 Å². The van der Waals surface area contributed by atoms with Crippen molar-refractivity contribution in [1.29, 1.82) is 0 Å². The van der Waals surface area contributed by atoms with Gasteiger partial charge in [0.05, 0.1) is 11.5 Å². The molecule has 1 aliphatic rings. The molecule has 130 valence electrons. The van der Waals surface area contributed by atoms with E-state index in [1.165, 1.54) is 31.0 Å². The maximum absolute atomic E-state index is 12.1. The van der Waals surface area contributed by atoms with Gasteiger partial charge in [-0.2, -0.15) is 0 Å². The van der Waals surface area contributed by atoms with Crippen LogP contribution in [0.3, 0.4) is 0 Å². The van der Waals surface area contributed by atoms with Crippen LogP contribution in [0.15, 0.2) is 18.2 Å². The van der Waals surface area contributed by atoms with E-state index in [2.05, 4.69) is 16.2 Å². The number of hydrogen-bond acceptors (Lipinski definition) is 5. The maximum atomic E-state index is 12.1. The monoisotopic (exact) mass is 352 g/mol. The van der Waals surface area contributed by atoms with Crippen molar-refractivity contribution in [3.63, 3.8) is 0 Å². The Kier molecular flexibility index (Phi) is 6.30. The lowest BCUT2D eigenvalue weighted by molar-refractivity contribution is -0.385. The zero-order chi connectivity index (χ0) is 17.5. The Morgan fingerprint density at radius 3 is 2.71 bits per heavy atom. The molecular weight excluding hydrogens is 332 g/mol. The van der Waals surface area contributed by atoms with Gasteiger partial charge in [0.15, 0.2) is 10.9 Å². The van der Waals surface area contributed by atoms with Gasteiger partial charge < -0.3 is 10.1 Å². The van der Waals surface area contributed by atoms with Crippen LogP contribution in [0.1, 0.15) is 43.0 Å². The molecular formula is C15H20N4O4S. The number of hydrazine groups is 1. The minimum Gasteiger partial charge on any atom is -0.487 e. The molecule has 0 unspecified atom stereocenters. The molecule has 1 aromatic rings. The largest absolute Gasteiger partial charge is 0.487 e. The molecule has 8 nitrogen and oxygen atoms in total. The van der Waals surface area contributed by atoms with Crippen LogP contribution in [0, 0.1) is 10.1 Å². The van der Waals surface area contributed by atoms with Crippen molar-refractivity contribution in [2.24, 2.45) is 0 Å². The number of nitro groups is 1. The number of carbonyl (C=O) groups excluding carboxylic acids is 1. The highest BCUT2D eigenvalue weighted by molar-refractivity contribution is 7.80. The van der Waals surface area contributed by atoms with E-state index in [0.29, 0.717) is 17.8 Å². The average Bonchev–Trinajstić information content (AvgIpc) is 3.06. The molecule has 9 heteroatoms. The van der Waals surface area contributed by atoms with Crippen molar-refractivity contribution in [2.75, 3.05) is 6.61 Å². The molecule has 1 saturated carbocycles. The van der Waals surface area contributed by atoms with E-state index in [0.717, 1.165) is 12.8 Å². The quantitative estimate of drug-likeness (QED) is 0.423. The minimum absolute atomic E-state index is 0.130. The summed E-state index contributed by atoms with van der Waals surface area (Å²) in [4.78, 5) is 22.6. The summed E-state index contributed by atoms with van der Waals surface area (Å²) in [5.41, 5.74) is 4.94. The van der Waals surface area contributed by atoms with Crippen molar-refractivity contribution in [1.82, 2.24) is 16.2 Å². The maximum Gasteiger partial charge on any atom is 0.311 e. The highest BCUT2D eigenvalue weighted by atomic mass is 32.1. The number of amides is 1. The molecule has 1 aliphatic carbocycles. The first-order chi connectivity index (χ1) is 11.5. The number of carbonyl (C=O) groups is 1. The molecule has 1 amide bonds. The fourth-order valence-corrected chi connectivity index (χ4v) is 2.77. The lowest BCUT2D eigenvalue weighted by Gasteiger charge is -2.16. The van der Waals surface area contributed by atoms with Crippen LogP contribution in [0.2, 0.25) is 0 Å². The first kappa shape index (κ1) is 17.9. The van der Waals surface area contributed by atoms with Crippen LogP contribution in [-0.4, -0.2) is 28.6 Å². The highest BCUT2D eigenvalue weighted by Crippen LogP contribution is 2.27. The van der Waals surface area contributed by atoms with Crippen LogP contribution in [-0.2, 0) is 0 Å². The van der Waals surface area contributed by atoms with E-state index in [1.807, 2.05) is 0 Å². The first-order valence-electron chi connectivity index (χ1n) is 7.79. The minimum atomic E-state index is -0.582.